The number of hydrogen-bond acceptors (Lipinski definition) is 4. The van der Waals surface area contributed by atoms with Crippen LogP contribution in [0.15, 0.2) is 0 Å². The van der Waals surface area contributed by atoms with Gasteiger partial charge in [-0.2, -0.15) is 0 Å². The van der Waals surface area contributed by atoms with Crippen LogP contribution in [-0.4, -0.2) is 37.9 Å². The van der Waals surface area contributed by atoms with Crippen LogP contribution in [-0.2, 0) is 4.74 Å². The standard InChI is InChI=1S/C5H15NO3Si/c1-10(7,8)5-4-9-3-2-6/h7-8H,2-6H2,1H3. The van der Waals surface area contributed by atoms with Crippen LogP contribution in [0.25, 0.3) is 0 Å². The molecule has 62 valence electrons. The SMILES string of the molecule is C[Si](O)(O)CCOCCN. The van der Waals surface area contributed by atoms with Crippen molar-refractivity contribution in [3.05, 3.63) is 0 Å². The van der Waals surface area contributed by atoms with Gasteiger partial charge in [0.25, 0.3) is 0 Å². The summed E-state index contributed by atoms with van der Waals surface area (Å²) < 4.78 is 4.95. The molecule has 0 aliphatic carbocycles. The lowest BCUT2D eigenvalue weighted by atomic mass is 10.7. The number of hydrogen-bond donors (Lipinski definition) is 3. The Morgan fingerprint density at radius 2 is 2.00 bits per heavy atom. The van der Waals surface area contributed by atoms with E-state index >= 15 is 0 Å². The number of nitrogens with two attached hydrogens (primary N) is 1. The second kappa shape index (κ2) is 4.81. The van der Waals surface area contributed by atoms with Crippen molar-refractivity contribution in [1.82, 2.24) is 0 Å². The van der Waals surface area contributed by atoms with E-state index in [0.29, 0.717) is 25.8 Å². The Kier molecular flexibility index (Phi) is 4.84. The average Bonchev–Trinajstić information content (AvgIpc) is 1.78. The van der Waals surface area contributed by atoms with Crippen molar-refractivity contribution in [1.29, 1.82) is 0 Å². The molecule has 0 aliphatic heterocycles. The van der Waals surface area contributed by atoms with Crippen LogP contribution < -0.4 is 5.73 Å². The zero-order valence-corrected chi connectivity index (χ0v) is 7.21. The molecule has 0 atom stereocenters. The van der Waals surface area contributed by atoms with Crippen LogP contribution >= 0.6 is 0 Å². The van der Waals surface area contributed by atoms with E-state index in [1.165, 1.54) is 6.55 Å². The largest absolute Gasteiger partial charge is 0.411 e. The molecule has 5 heteroatoms. The topological polar surface area (TPSA) is 75.7 Å². The molecule has 0 amide bonds. The van der Waals surface area contributed by atoms with E-state index in [1.807, 2.05) is 0 Å². The van der Waals surface area contributed by atoms with Crippen LogP contribution in [0.3, 0.4) is 0 Å². The van der Waals surface area contributed by atoms with Gasteiger partial charge in [-0.3, -0.25) is 0 Å². The summed E-state index contributed by atoms with van der Waals surface area (Å²) in [6.07, 6.45) is 0. The third kappa shape index (κ3) is 8.06. The lowest BCUT2D eigenvalue weighted by molar-refractivity contribution is 0.148. The van der Waals surface area contributed by atoms with Gasteiger partial charge in [0.2, 0.25) is 0 Å². The van der Waals surface area contributed by atoms with Gasteiger partial charge in [-0.1, -0.05) is 0 Å². The summed E-state index contributed by atoms with van der Waals surface area (Å²) in [5.74, 6) is 0. The van der Waals surface area contributed by atoms with Gasteiger partial charge < -0.3 is 20.1 Å². The van der Waals surface area contributed by atoms with Crippen molar-refractivity contribution in [2.24, 2.45) is 5.73 Å². The predicted molar refractivity (Wildman–Crippen MR) is 40.7 cm³/mol. The molecule has 0 spiro atoms. The van der Waals surface area contributed by atoms with Crippen LogP contribution in [0, 0.1) is 0 Å². The molecule has 0 saturated heterocycles. The summed E-state index contributed by atoms with van der Waals surface area (Å²) in [7, 11) is -2.87. The third-order valence-electron chi connectivity index (χ3n) is 0.982. The molecule has 0 saturated carbocycles. The molecule has 0 bridgehead atoms. The van der Waals surface area contributed by atoms with Gasteiger partial charge >= 0.3 is 8.56 Å². The highest BCUT2D eigenvalue weighted by molar-refractivity contribution is 6.63. The minimum Gasteiger partial charge on any atom is -0.411 e. The van der Waals surface area contributed by atoms with Gasteiger partial charge in [0.05, 0.1) is 6.61 Å². The minimum atomic E-state index is -2.87. The van der Waals surface area contributed by atoms with Crippen LogP contribution in [0.1, 0.15) is 0 Å². The molecule has 4 N–H and O–H groups in total. The van der Waals surface area contributed by atoms with E-state index in [1.54, 1.807) is 0 Å². The Morgan fingerprint density at radius 1 is 1.40 bits per heavy atom. The minimum absolute atomic E-state index is 0.354. The normalized spacial score (nSPS) is 12.0. The molecule has 10 heavy (non-hydrogen) atoms. The Bertz CT molecular complexity index is 83.5. The van der Waals surface area contributed by atoms with Crippen molar-refractivity contribution in [3.8, 4) is 0 Å². The van der Waals surface area contributed by atoms with E-state index in [9.17, 15) is 0 Å². The number of ether oxygens (including phenoxy) is 1. The van der Waals surface area contributed by atoms with Crippen LogP contribution in [0.2, 0.25) is 12.6 Å². The Morgan fingerprint density at radius 3 is 2.40 bits per heavy atom. The molecular formula is C5H15NO3Si. The van der Waals surface area contributed by atoms with E-state index in [2.05, 4.69) is 0 Å². The Balaban J connectivity index is 3.04. The van der Waals surface area contributed by atoms with Gasteiger partial charge in [0, 0.05) is 19.2 Å². The second-order valence-electron chi connectivity index (χ2n) is 2.37. The molecule has 0 heterocycles. The van der Waals surface area contributed by atoms with E-state index < -0.39 is 8.56 Å². The molecule has 0 aromatic heterocycles. The van der Waals surface area contributed by atoms with Gasteiger partial charge in [-0.25, -0.2) is 0 Å². The van der Waals surface area contributed by atoms with E-state index in [0.717, 1.165) is 0 Å². The van der Waals surface area contributed by atoms with Crippen LogP contribution in [0.4, 0.5) is 0 Å². The highest BCUT2D eigenvalue weighted by atomic mass is 28.4. The molecule has 4 nitrogen and oxygen atoms in total. The van der Waals surface area contributed by atoms with Crippen molar-refractivity contribution >= 4 is 8.56 Å². The van der Waals surface area contributed by atoms with Crippen molar-refractivity contribution in [2.45, 2.75) is 12.6 Å². The van der Waals surface area contributed by atoms with E-state index in [-0.39, 0.29) is 0 Å². The zero-order valence-electron chi connectivity index (χ0n) is 6.21. The molecular weight excluding hydrogens is 150 g/mol. The highest BCUT2D eigenvalue weighted by Crippen LogP contribution is 1.98. The first-order chi connectivity index (χ1) is 4.56. The summed E-state index contributed by atoms with van der Waals surface area (Å²) in [6, 6.07) is 0.354. The smallest absolute Gasteiger partial charge is 0.331 e. The van der Waals surface area contributed by atoms with Gasteiger partial charge in [-0.15, -0.1) is 0 Å². The fourth-order valence-electron chi connectivity index (χ4n) is 0.451. The summed E-state index contributed by atoms with van der Waals surface area (Å²) in [5, 5.41) is 0. The van der Waals surface area contributed by atoms with Gasteiger partial charge in [0.15, 0.2) is 0 Å². The molecule has 0 aliphatic rings. The first-order valence-electron chi connectivity index (χ1n) is 3.29. The van der Waals surface area contributed by atoms with Crippen molar-refractivity contribution in [3.63, 3.8) is 0 Å². The number of rotatable bonds is 5. The Labute approximate surface area is 61.9 Å². The predicted octanol–water partition coefficient (Wildman–Crippen LogP) is -0.982. The third-order valence-corrected chi connectivity index (χ3v) is 2.13. The molecule has 0 aromatic rings. The lowest BCUT2D eigenvalue weighted by Crippen LogP contribution is -2.31. The van der Waals surface area contributed by atoms with Gasteiger partial charge in [-0.05, 0) is 6.55 Å². The zero-order chi connectivity index (χ0) is 8.04. The first kappa shape index (κ1) is 10.1. The summed E-state index contributed by atoms with van der Waals surface area (Å²) in [6.45, 7) is 2.82. The molecule has 0 radical (unpaired) electrons. The summed E-state index contributed by atoms with van der Waals surface area (Å²) in [4.78, 5) is 17.8. The average molecular weight is 165 g/mol. The first-order valence-corrected chi connectivity index (χ1v) is 5.89. The van der Waals surface area contributed by atoms with E-state index in [4.69, 9.17) is 20.1 Å². The molecule has 0 aromatic carbocycles. The lowest BCUT2D eigenvalue weighted by Gasteiger charge is -2.10. The summed E-state index contributed by atoms with van der Waals surface area (Å²) in [5.41, 5.74) is 5.14. The molecule has 0 fully saturated rings. The van der Waals surface area contributed by atoms with Crippen LogP contribution in [0.5, 0.6) is 0 Å². The maximum Gasteiger partial charge on any atom is 0.331 e. The molecule has 0 rings (SSSR count). The quantitative estimate of drug-likeness (QED) is 0.361. The summed E-state index contributed by atoms with van der Waals surface area (Å²) >= 11 is 0. The second-order valence-corrected chi connectivity index (χ2v) is 5.30. The fraction of sp³-hybridized carbons (Fsp3) is 1.00. The molecule has 0 unspecified atom stereocenters. The maximum atomic E-state index is 8.90. The Hall–Kier alpha value is 0.0569. The highest BCUT2D eigenvalue weighted by Gasteiger charge is 2.20. The fourth-order valence-corrected chi connectivity index (χ4v) is 0.982. The van der Waals surface area contributed by atoms with Crippen molar-refractivity contribution < 1.29 is 14.3 Å². The maximum absolute atomic E-state index is 8.90. The van der Waals surface area contributed by atoms with Crippen molar-refractivity contribution in [2.75, 3.05) is 19.8 Å². The van der Waals surface area contributed by atoms with Gasteiger partial charge in [0.1, 0.15) is 0 Å². The monoisotopic (exact) mass is 165 g/mol.